The maximum absolute atomic E-state index is 12.1. The molecule has 0 spiro atoms. The van der Waals surface area contributed by atoms with Gasteiger partial charge in [0.1, 0.15) is 19.0 Å². The van der Waals surface area contributed by atoms with Crippen LogP contribution >= 0.6 is 11.3 Å². The first-order chi connectivity index (χ1) is 14.9. The van der Waals surface area contributed by atoms with Crippen LogP contribution in [0.3, 0.4) is 0 Å². The quantitative estimate of drug-likeness (QED) is 0.366. The lowest BCUT2D eigenvalue weighted by molar-refractivity contribution is 0.0444. The Hall–Kier alpha value is -2.95. The molecule has 3 rings (SSSR count). The molecule has 164 valence electrons. The average molecular weight is 462 g/mol. The fourth-order valence-corrected chi connectivity index (χ4v) is 4.09. The van der Waals surface area contributed by atoms with Gasteiger partial charge in [0.05, 0.1) is 4.90 Å². The lowest BCUT2D eigenvalue weighted by Gasteiger charge is -2.12. The van der Waals surface area contributed by atoms with Crippen LogP contribution in [0.4, 0.5) is 5.13 Å². The standard InChI is InChI=1S/C21H23N3O5S2/c1-24(2)31(26,27)18-10-8-17(9-11-18)28-12-13-29-20(25)19-15-30-21(23-19)22-14-16-6-4-3-5-7-16/h3-11,15H,12-14H2,1-2H3,(H,22,23). The van der Waals surface area contributed by atoms with Gasteiger partial charge in [-0.1, -0.05) is 30.3 Å². The highest BCUT2D eigenvalue weighted by Crippen LogP contribution is 2.19. The van der Waals surface area contributed by atoms with Crippen LogP contribution in [0.25, 0.3) is 0 Å². The Labute approximate surface area is 185 Å². The third-order valence-electron chi connectivity index (χ3n) is 4.19. The van der Waals surface area contributed by atoms with E-state index in [9.17, 15) is 13.2 Å². The summed E-state index contributed by atoms with van der Waals surface area (Å²) < 4.78 is 35.9. The van der Waals surface area contributed by atoms with Crippen LogP contribution in [-0.4, -0.2) is 51.0 Å². The van der Waals surface area contributed by atoms with Crippen molar-refractivity contribution >= 4 is 32.5 Å². The van der Waals surface area contributed by atoms with E-state index in [0.717, 1.165) is 9.87 Å². The first-order valence-corrected chi connectivity index (χ1v) is 11.7. The van der Waals surface area contributed by atoms with E-state index in [1.807, 2.05) is 30.3 Å². The summed E-state index contributed by atoms with van der Waals surface area (Å²) in [6.07, 6.45) is 0. The van der Waals surface area contributed by atoms with Gasteiger partial charge in [-0.25, -0.2) is 22.5 Å². The molecule has 0 saturated heterocycles. The summed E-state index contributed by atoms with van der Waals surface area (Å²) in [4.78, 5) is 16.5. The van der Waals surface area contributed by atoms with Gasteiger partial charge in [-0.15, -0.1) is 11.3 Å². The smallest absolute Gasteiger partial charge is 0.358 e. The fraction of sp³-hybridized carbons (Fsp3) is 0.238. The first kappa shape index (κ1) is 22.7. The first-order valence-electron chi connectivity index (χ1n) is 9.42. The van der Waals surface area contributed by atoms with Gasteiger partial charge in [-0.2, -0.15) is 0 Å². The monoisotopic (exact) mass is 461 g/mol. The number of hydrogen-bond donors (Lipinski definition) is 1. The summed E-state index contributed by atoms with van der Waals surface area (Å²) in [5, 5.41) is 5.45. The molecular weight excluding hydrogens is 438 g/mol. The predicted octanol–water partition coefficient (Wildman–Crippen LogP) is 3.24. The van der Waals surface area contributed by atoms with Crippen molar-refractivity contribution in [1.29, 1.82) is 0 Å². The Morgan fingerprint density at radius 1 is 1.06 bits per heavy atom. The number of carbonyl (C=O) groups is 1. The van der Waals surface area contributed by atoms with Gasteiger partial charge >= 0.3 is 5.97 Å². The topological polar surface area (TPSA) is 97.8 Å². The van der Waals surface area contributed by atoms with Crippen LogP contribution < -0.4 is 10.1 Å². The minimum absolute atomic E-state index is 0.0425. The Balaban J connectivity index is 1.42. The largest absolute Gasteiger partial charge is 0.490 e. The van der Waals surface area contributed by atoms with E-state index in [1.54, 1.807) is 17.5 Å². The number of esters is 1. The summed E-state index contributed by atoms with van der Waals surface area (Å²) in [7, 11) is -0.540. The Morgan fingerprint density at radius 3 is 2.45 bits per heavy atom. The lowest BCUT2D eigenvalue weighted by Crippen LogP contribution is -2.22. The van der Waals surface area contributed by atoms with Gasteiger partial charge in [0.2, 0.25) is 10.0 Å². The molecule has 0 bridgehead atoms. The van der Waals surface area contributed by atoms with Crippen molar-refractivity contribution in [3.63, 3.8) is 0 Å². The highest BCUT2D eigenvalue weighted by atomic mass is 32.2. The van der Waals surface area contributed by atoms with Crippen molar-refractivity contribution in [3.8, 4) is 5.75 Å². The van der Waals surface area contributed by atoms with Gasteiger partial charge < -0.3 is 14.8 Å². The molecule has 3 aromatic rings. The van der Waals surface area contributed by atoms with Gasteiger partial charge in [0.15, 0.2) is 10.8 Å². The van der Waals surface area contributed by atoms with E-state index in [1.165, 1.54) is 37.6 Å². The number of rotatable bonds is 10. The zero-order valence-corrected chi connectivity index (χ0v) is 18.8. The highest BCUT2D eigenvalue weighted by molar-refractivity contribution is 7.89. The summed E-state index contributed by atoms with van der Waals surface area (Å²) >= 11 is 1.33. The van der Waals surface area contributed by atoms with Crippen LogP contribution in [0.15, 0.2) is 64.9 Å². The number of nitrogens with one attached hydrogen (secondary N) is 1. The number of nitrogens with zero attached hydrogens (tertiary/aromatic N) is 2. The number of thiazole rings is 1. The number of ether oxygens (including phenoxy) is 2. The van der Waals surface area contributed by atoms with Gasteiger partial charge in [-0.05, 0) is 29.8 Å². The molecule has 1 heterocycles. The van der Waals surface area contributed by atoms with E-state index < -0.39 is 16.0 Å². The predicted molar refractivity (Wildman–Crippen MR) is 119 cm³/mol. The van der Waals surface area contributed by atoms with E-state index in [-0.39, 0.29) is 23.8 Å². The minimum Gasteiger partial charge on any atom is -0.490 e. The molecule has 2 aromatic carbocycles. The molecule has 0 amide bonds. The van der Waals surface area contributed by atoms with Gasteiger partial charge in [-0.3, -0.25) is 0 Å². The third kappa shape index (κ3) is 6.27. The summed E-state index contributed by atoms with van der Waals surface area (Å²) in [6, 6.07) is 15.9. The lowest BCUT2D eigenvalue weighted by atomic mass is 10.2. The molecule has 8 nitrogen and oxygen atoms in total. The summed E-state index contributed by atoms with van der Waals surface area (Å²) in [6.45, 7) is 0.793. The van der Waals surface area contributed by atoms with Crippen LogP contribution in [0.2, 0.25) is 0 Å². The molecule has 31 heavy (non-hydrogen) atoms. The number of sulfonamides is 1. The van der Waals surface area contributed by atoms with Crippen molar-refractivity contribution in [2.45, 2.75) is 11.4 Å². The molecule has 0 atom stereocenters. The van der Waals surface area contributed by atoms with Gasteiger partial charge in [0, 0.05) is 26.0 Å². The maximum atomic E-state index is 12.1. The van der Waals surface area contributed by atoms with Crippen molar-refractivity contribution < 1.29 is 22.7 Å². The van der Waals surface area contributed by atoms with E-state index >= 15 is 0 Å². The van der Waals surface area contributed by atoms with Crippen LogP contribution in [-0.2, 0) is 21.3 Å². The number of aromatic nitrogens is 1. The molecule has 0 radical (unpaired) electrons. The average Bonchev–Trinajstić information content (AvgIpc) is 3.25. The van der Waals surface area contributed by atoms with Crippen molar-refractivity contribution in [2.75, 3.05) is 32.6 Å². The Kier molecular flexibility index (Phi) is 7.61. The molecule has 1 aromatic heterocycles. The number of hydrogen-bond acceptors (Lipinski definition) is 8. The molecule has 1 N–H and O–H groups in total. The molecule has 0 aliphatic heterocycles. The van der Waals surface area contributed by atoms with Crippen molar-refractivity contribution in [2.24, 2.45) is 0 Å². The normalized spacial score (nSPS) is 11.3. The van der Waals surface area contributed by atoms with Gasteiger partial charge in [0.25, 0.3) is 0 Å². The molecular formula is C21H23N3O5S2. The summed E-state index contributed by atoms with van der Waals surface area (Å²) in [5.41, 5.74) is 1.35. The van der Waals surface area contributed by atoms with E-state index in [2.05, 4.69) is 10.3 Å². The number of benzene rings is 2. The second-order valence-electron chi connectivity index (χ2n) is 6.62. The fourth-order valence-electron chi connectivity index (χ4n) is 2.51. The van der Waals surface area contributed by atoms with Crippen molar-refractivity contribution in [3.05, 3.63) is 71.2 Å². The third-order valence-corrected chi connectivity index (χ3v) is 6.82. The van der Waals surface area contributed by atoms with Crippen molar-refractivity contribution in [1.82, 2.24) is 9.29 Å². The van der Waals surface area contributed by atoms with Crippen LogP contribution in [0, 0.1) is 0 Å². The minimum atomic E-state index is -3.48. The molecule has 0 unspecified atom stereocenters. The molecule has 0 aliphatic rings. The highest BCUT2D eigenvalue weighted by Gasteiger charge is 2.17. The number of anilines is 1. The second kappa shape index (κ2) is 10.4. The van der Waals surface area contributed by atoms with E-state index in [4.69, 9.17) is 9.47 Å². The zero-order chi connectivity index (χ0) is 22.3. The van der Waals surface area contributed by atoms with Crippen LogP contribution in [0.5, 0.6) is 5.75 Å². The molecule has 0 aliphatic carbocycles. The SMILES string of the molecule is CN(C)S(=O)(=O)c1ccc(OCCOC(=O)c2csc(NCc3ccccc3)n2)cc1. The molecule has 10 heteroatoms. The Morgan fingerprint density at radius 2 is 1.77 bits per heavy atom. The molecule has 0 fully saturated rings. The van der Waals surface area contributed by atoms with E-state index in [0.29, 0.717) is 17.4 Å². The second-order valence-corrected chi connectivity index (χ2v) is 9.63. The zero-order valence-electron chi connectivity index (χ0n) is 17.1. The Bertz CT molecular complexity index is 1100. The summed E-state index contributed by atoms with van der Waals surface area (Å²) in [5.74, 6) is -0.0464. The number of carbonyl (C=O) groups excluding carboxylic acids is 1. The van der Waals surface area contributed by atoms with Crippen LogP contribution in [0.1, 0.15) is 16.1 Å². The maximum Gasteiger partial charge on any atom is 0.358 e. The molecule has 0 saturated carbocycles.